The van der Waals surface area contributed by atoms with E-state index < -0.39 is 31.0 Å². The van der Waals surface area contributed by atoms with Crippen molar-refractivity contribution in [2.75, 3.05) is 13.7 Å². The van der Waals surface area contributed by atoms with E-state index in [-0.39, 0.29) is 18.0 Å². The van der Waals surface area contributed by atoms with Crippen molar-refractivity contribution in [1.29, 1.82) is 0 Å². The average molecular weight is 557 g/mol. The number of amidine groups is 1. The van der Waals surface area contributed by atoms with Crippen LogP contribution in [-0.4, -0.2) is 86.7 Å². The summed E-state index contributed by atoms with van der Waals surface area (Å²) in [6, 6.07) is 5.83. The lowest BCUT2D eigenvalue weighted by Crippen LogP contribution is -2.49. The molecular formula is C26H36N8O4S. The highest BCUT2D eigenvalue weighted by atomic mass is 32.1. The number of aromatic nitrogens is 4. The molecule has 2 aromatic heterocycles. The van der Waals surface area contributed by atoms with Crippen molar-refractivity contribution in [1.82, 2.24) is 25.3 Å². The summed E-state index contributed by atoms with van der Waals surface area (Å²) in [5.41, 5.74) is 7.22. The van der Waals surface area contributed by atoms with Gasteiger partial charge in [0.1, 0.15) is 24.0 Å². The summed E-state index contributed by atoms with van der Waals surface area (Å²) in [6.07, 6.45) is 7.82. The minimum atomic E-state index is -1.07. The predicted molar refractivity (Wildman–Crippen MR) is 151 cm³/mol. The van der Waals surface area contributed by atoms with E-state index in [4.69, 9.17) is 10.5 Å². The average Bonchev–Trinajstić information content (AvgIpc) is 3.59. The molecule has 1 saturated heterocycles. The molecule has 5 rings (SSSR count). The number of aliphatic imine (C=N–C) groups is 2. The summed E-state index contributed by atoms with van der Waals surface area (Å²) in [5, 5.41) is 32.3. The highest BCUT2D eigenvalue weighted by molar-refractivity contribution is 7.18. The van der Waals surface area contributed by atoms with E-state index in [0.29, 0.717) is 12.0 Å². The van der Waals surface area contributed by atoms with Crippen LogP contribution in [0.5, 0.6) is 0 Å². The molecule has 0 radical (unpaired) electrons. The number of carbonyl (C=O) groups is 1. The molecule has 1 saturated carbocycles. The predicted octanol–water partition coefficient (Wildman–Crippen LogP) is 2.32. The highest BCUT2D eigenvalue weighted by Crippen LogP contribution is 2.32. The zero-order chi connectivity index (χ0) is 27.8. The summed E-state index contributed by atoms with van der Waals surface area (Å²) in [5.74, 6) is 0.286. The first kappa shape index (κ1) is 28.9. The Morgan fingerprint density at radius 1 is 1.33 bits per heavy atom. The van der Waals surface area contributed by atoms with Crippen molar-refractivity contribution in [2.24, 2.45) is 15.7 Å². The summed E-state index contributed by atoms with van der Waals surface area (Å²) in [4.78, 5) is 24.2. The summed E-state index contributed by atoms with van der Waals surface area (Å²) in [6.45, 7) is 1.52. The number of nitrogens with one attached hydrogen (secondary N) is 1. The Labute approximate surface area is 231 Å². The maximum atomic E-state index is 11.0. The number of nitrogens with zero attached hydrogens (tertiary/aromatic N) is 6. The minimum Gasteiger partial charge on any atom is -0.394 e. The van der Waals surface area contributed by atoms with Crippen molar-refractivity contribution in [3.63, 3.8) is 0 Å². The second kappa shape index (κ2) is 13.8. The van der Waals surface area contributed by atoms with Crippen LogP contribution in [0.25, 0.3) is 10.2 Å². The van der Waals surface area contributed by atoms with E-state index in [1.807, 2.05) is 25.1 Å². The Kier molecular flexibility index (Phi) is 10.2. The molecule has 2 aliphatic rings. The molecule has 4 atom stereocenters. The van der Waals surface area contributed by atoms with Gasteiger partial charge in [-0.15, -0.1) is 16.4 Å². The molecule has 5 N–H and O–H groups in total. The minimum absolute atomic E-state index is 0.137. The standard InChI is InChI=1S/C19H21N7O4S.C7H15N/c1-10-22-13-3-2-11(4-17(13)31-10)23-19(21-9-20)15-5-14(18(29)16(8-28)30-15)26-6-12(7-27)24-25-26;1-8-7-5-3-2-4-6-7/h2-4,6-7,9,14-16,18,28-29H,5,8H2,1H3,(H2,20,21,23);7-8H,2-6H2,1H3. The van der Waals surface area contributed by atoms with Gasteiger partial charge in [-0.2, -0.15) is 0 Å². The van der Waals surface area contributed by atoms with Crippen molar-refractivity contribution in [3.8, 4) is 0 Å². The maximum absolute atomic E-state index is 11.0. The fourth-order valence-corrected chi connectivity index (χ4v) is 5.78. The number of ether oxygens (including phenoxy) is 1. The molecule has 3 heterocycles. The molecule has 1 aromatic carbocycles. The van der Waals surface area contributed by atoms with Gasteiger partial charge in [-0.05, 0) is 45.0 Å². The first-order chi connectivity index (χ1) is 18.9. The van der Waals surface area contributed by atoms with Crippen LogP contribution in [0, 0.1) is 6.92 Å². The highest BCUT2D eigenvalue weighted by Gasteiger charge is 2.41. The number of nitrogens with two attached hydrogens (primary N) is 1. The largest absolute Gasteiger partial charge is 0.394 e. The van der Waals surface area contributed by atoms with Crippen LogP contribution >= 0.6 is 11.3 Å². The Bertz CT molecular complexity index is 1290. The molecule has 3 aromatic rings. The van der Waals surface area contributed by atoms with E-state index in [0.717, 1.165) is 27.6 Å². The van der Waals surface area contributed by atoms with E-state index in [1.165, 1.54) is 43.0 Å². The van der Waals surface area contributed by atoms with E-state index in [1.54, 1.807) is 11.3 Å². The molecule has 0 amide bonds. The first-order valence-corrected chi connectivity index (χ1v) is 14.0. The van der Waals surface area contributed by atoms with Crippen molar-refractivity contribution in [2.45, 2.75) is 75.8 Å². The van der Waals surface area contributed by atoms with Gasteiger partial charge in [0.25, 0.3) is 0 Å². The number of aldehydes is 1. The van der Waals surface area contributed by atoms with Crippen LogP contribution in [0.15, 0.2) is 34.4 Å². The third-order valence-electron chi connectivity index (χ3n) is 6.97. The van der Waals surface area contributed by atoms with Gasteiger partial charge in [-0.25, -0.2) is 19.7 Å². The van der Waals surface area contributed by atoms with E-state index in [9.17, 15) is 15.0 Å². The Morgan fingerprint density at radius 3 is 2.77 bits per heavy atom. The number of fused-ring (bicyclic) bond motifs is 1. The fraction of sp³-hybridized carbons (Fsp3) is 0.538. The fourth-order valence-electron chi connectivity index (χ4n) is 4.92. The second-order valence-corrected chi connectivity index (χ2v) is 10.9. The number of benzene rings is 1. The first-order valence-electron chi connectivity index (χ1n) is 13.1. The van der Waals surface area contributed by atoms with E-state index in [2.05, 4.69) is 37.6 Å². The maximum Gasteiger partial charge on any atom is 0.171 e. The Hall–Kier alpha value is -3.10. The number of hydrogen-bond donors (Lipinski definition) is 4. The van der Waals surface area contributed by atoms with Crippen LogP contribution in [0.1, 0.15) is 60.1 Å². The monoisotopic (exact) mass is 556 g/mol. The smallest absolute Gasteiger partial charge is 0.171 e. The Balaban J connectivity index is 0.000000379. The number of aliphatic hydroxyl groups excluding tert-OH is 2. The zero-order valence-electron chi connectivity index (χ0n) is 22.2. The number of rotatable bonds is 6. The lowest BCUT2D eigenvalue weighted by Gasteiger charge is -2.38. The van der Waals surface area contributed by atoms with Gasteiger partial charge < -0.3 is 26.0 Å². The van der Waals surface area contributed by atoms with Crippen molar-refractivity contribution < 1.29 is 19.7 Å². The number of aliphatic hydroxyl groups is 2. The van der Waals surface area contributed by atoms with Gasteiger partial charge in [0.15, 0.2) is 12.1 Å². The van der Waals surface area contributed by atoms with Gasteiger partial charge >= 0.3 is 0 Å². The van der Waals surface area contributed by atoms with Crippen LogP contribution in [0.3, 0.4) is 0 Å². The van der Waals surface area contributed by atoms with Gasteiger partial charge in [0.05, 0.1) is 46.1 Å². The van der Waals surface area contributed by atoms with Gasteiger partial charge in [-0.3, -0.25) is 4.79 Å². The molecule has 0 bridgehead atoms. The van der Waals surface area contributed by atoms with Crippen LogP contribution in [0.4, 0.5) is 5.69 Å². The quantitative estimate of drug-likeness (QED) is 0.202. The van der Waals surface area contributed by atoms with Gasteiger partial charge in [0, 0.05) is 12.5 Å². The van der Waals surface area contributed by atoms with Crippen molar-refractivity contribution in [3.05, 3.63) is 35.1 Å². The molecule has 12 nitrogen and oxygen atoms in total. The normalized spacial score (nSPS) is 24.6. The topological polar surface area (TPSA) is 173 Å². The lowest BCUT2D eigenvalue weighted by atomic mass is 9.95. The third kappa shape index (κ3) is 7.31. The zero-order valence-corrected chi connectivity index (χ0v) is 23.0. The summed E-state index contributed by atoms with van der Waals surface area (Å²) >= 11 is 1.56. The lowest BCUT2D eigenvalue weighted by molar-refractivity contribution is -0.137. The molecule has 210 valence electrons. The molecule has 1 aliphatic carbocycles. The second-order valence-electron chi connectivity index (χ2n) is 9.64. The number of thiazole rings is 1. The van der Waals surface area contributed by atoms with Crippen LogP contribution < -0.4 is 11.1 Å². The van der Waals surface area contributed by atoms with Crippen LogP contribution in [-0.2, 0) is 4.74 Å². The summed E-state index contributed by atoms with van der Waals surface area (Å²) < 4.78 is 8.25. The van der Waals surface area contributed by atoms with Gasteiger partial charge in [-0.1, -0.05) is 24.5 Å². The number of aryl methyl sites for hydroxylation is 1. The number of carbonyl (C=O) groups excluding carboxylic acids is 1. The van der Waals surface area contributed by atoms with E-state index >= 15 is 0 Å². The van der Waals surface area contributed by atoms with Gasteiger partial charge in [0.2, 0.25) is 0 Å². The van der Waals surface area contributed by atoms with Crippen molar-refractivity contribution >= 4 is 45.7 Å². The third-order valence-corrected chi connectivity index (χ3v) is 7.90. The van der Waals surface area contributed by atoms with Crippen LogP contribution in [0.2, 0.25) is 0 Å². The molecule has 39 heavy (non-hydrogen) atoms. The molecule has 13 heteroatoms. The number of hydrogen-bond acceptors (Lipinski definition) is 10. The molecule has 2 fully saturated rings. The summed E-state index contributed by atoms with van der Waals surface area (Å²) in [7, 11) is 2.07. The molecule has 4 unspecified atom stereocenters. The molecule has 1 aliphatic heterocycles. The molecule has 0 spiro atoms. The SMILES string of the molecule is CNC1CCCCC1.Cc1nc2ccc(N=C(N=CN)C3CC(n4cc(C=O)nn4)C(O)C(CO)O3)cc2s1. The Morgan fingerprint density at radius 2 is 2.13 bits per heavy atom. The molecular weight excluding hydrogens is 520 g/mol.